The second-order valence-corrected chi connectivity index (χ2v) is 7.48. The van der Waals surface area contributed by atoms with Gasteiger partial charge in [-0.2, -0.15) is 0 Å². The molecule has 5 nitrogen and oxygen atoms in total. The maximum atomic E-state index is 12.4. The molecule has 0 radical (unpaired) electrons. The van der Waals surface area contributed by atoms with Crippen LogP contribution in [0.2, 0.25) is 10.0 Å². The van der Waals surface area contributed by atoms with E-state index in [4.69, 9.17) is 27.9 Å². The van der Waals surface area contributed by atoms with Crippen LogP contribution in [0.5, 0.6) is 0 Å². The van der Waals surface area contributed by atoms with E-state index < -0.39 is 0 Å². The van der Waals surface area contributed by atoms with E-state index in [1.54, 1.807) is 18.2 Å². The van der Waals surface area contributed by atoms with Crippen LogP contribution in [0.4, 0.5) is 11.4 Å². The second kappa shape index (κ2) is 9.42. The molecule has 2 aromatic carbocycles. The Morgan fingerprint density at radius 3 is 2.52 bits per heavy atom. The zero-order valence-electron chi connectivity index (χ0n) is 15.3. The molecule has 0 aliphatic carbocycles. The minimum Gasteiger partial charge on any atom is -0.378 e. The van der Waals surface area contributed by atoms with Crippen molar-refractivity contribution in [2.75, 3.05) is 50.1 Å². The van der Waals surface area contributed by atoms with Gasteiger partial charge in [0.15, 0.2) is 0 Å². The number of carbonyl (C=O) groups is 1. The number of morpholine rings is 1. The zero-order chi connectivity index (χ0) is 19.2. The molecule has 0 atom stereocenters. The van der Waals surface area contributed by atoms with E-state index >= 15 is 0 Å². The predicted octanol–water partition coefficient (Wildman–Crippen LogP) is 3.90. The molecular weight excluding hydrogens is 385 g/mol. The molecule has 7 heteroatoms. The highest BCUT2D eigenvalue weighted by Crippen LogP contribution is 2.24. The van der Waals surface area contributed by atoms with Crippen LogP contribution < -0.4 is 10.2 Å². The molecule has 1 fully saturated rings. The number of likely N-dealkylation sites (N-methyl/N-ethyl adjacent to an activating group) is 1. The van der Waals surface area contributed by atoms with Crippen molar-refractivity contribution in [3.05, 3.63) is 58.1 Å². The van der Waals surface area contributed by atoms with Gasteiger partial charge in [-0.1, -0.05) is 41.4 Å². The predicted molar refractivity (Wildman–Crippen MR) is 111 cm³/mol. The number of benzene rings is 2. The summed E-state index contributed by atoms with van der Waals surface area (Å²) in [7, 11) is 1.93. The maximum Gasteiger partial charge on any atom is 0.238 e. The molecule has 1 amide bonds. The van der Waals surface area contributed by atoms with Crippen LogP contribution in [-0.4, -0.2) is 50.7 Å². The van der Waals surface area contributed by atoms with Gasteiger partial charge in [0.05, 0.1) is 19.8 Å². The summed E-state index contributed by atoms with van der Waals surface area (Å²) in [6.45, 7) is 4.20. The van der Waals surface area contributed by atoms with Crippen LogP contribution in [-0.2, 0) is 16.1 Å². The molecule has 27 heavy (non-hydrogen) atoms. The van der Waals surface area contributed by atoms with Crippen LogP contribution in [0.1, 0.15) is 5.56 Å². The molecule has 0 unspecified atom stereocenters. The third kappa shape index (κ3) is 5.84. The summed E-state index contributed by atoms with van der Waals surface area (Å²) in [5.74, 6) is -0.111. The number of ether oxygens (including phenoxy) is 1. The van der Waals surface area contributed by atoms with Crippen LogP contribution in [0.15, 0.2) is 42.5 Å². The fourth-order valence-corrected chi connectivity index (χ4v) is 3.70. The van der Waals surface area contributed by atoms with Gasteiger partial charge in [-0.15, -0.1) is 0 Å². The lowest BCUT2D eigenvalue weighted by Gasteiger charge is -2.31. The number of nitrogens with one attached hydrogen (secondary N) is 1. The van der Waals surface area contributed by atoms with Gasteiger partial charge in [-0.05, 0) is 36.9 Å². The van der Waals surface area contributed by atoms with Crippen LogP contribution in [0.25, 0.3) is 0 Å². The van der Waals surface area contributed by atoms with Crippen LogP contribution >= 0.6 is 23.2 Å². The highest BCUT2D eigenvalue weighted by Gasteiger charge is 2.16. The molecule has 0 saturated carbocycles. The molecule has 2 aromatic rings. The average molecular weight is 408 g/mol. The molecule has 0 bridgehead atoms. The first-order valence-corrected chi connectivity index (χ1v) is 9.62. The topological polar surface area (TPSA) is 44.8 Å². The molecule has 0 aromatic heterocycles. The molecule has 0 spiro atoms. The summed E-state index contributed by atoms with van der Waals surface area (Å²) < 4.78 is 5.44. The molecule has 1 heterocycles. The Hall–Kier alpha value is -1.79. The minimum absolute atomic E-state index is 0.111. The maximum absolute atomic E-state index is 12.4. The Bertz CT molecular complexity index is 774. The normalized spacial score (nSPS) is 14.4. The summed E-state index contributed by atoms with van der Waals surface area (Å²) >= 11 is 12.0. The van der Waals surface area contributed by atoms with E-state index in [0.717, 1.165) is 26.3 Å². The van der Waals surface area contributed by atoms with Gasteiger partial charge in [0.1, 0.15) is 0 Å². The molecule has 1 saturated heterocycles. The first-order chi connectivity index (χ1) is 13.0. The van der Waals surface area contributed by atoms with Crippen molar-refractivity contribution < 1.29 is 9.53 Å². The largest absolute Gasteiger partial charge is 0.378 e. The zero-order valence-corrected chi connectivity index (χ0v) is 16.8. The van der Waals surface area contributed by atoms with Crippen molar-refractivity contribution in [2.24, 2.45) is 0 Å². The summed E-state index contributed by atoms with van der Waals surface area (Å²) in [5, 5.41) is 3.82. The van der Waals surface area contributed by atoms with E-state index in [-0.39, 0.29) is 12.5 Å². The number of para-hydroxylation sites is 1. The lowest BCUT2D eigenvalue weighted by molar-refractivity contribution is -0.117. The Kier molecular flexibility index (Phi) is 6.96. The van der Waals surface area contributed by atoms with Gasteiger partial charge in [-0.25, -0.2) is 0 Å². The van der Waals surface area contributed by atoms with Gasteiger partial charge in [0.2, 0.25) is 5.91 Å². The molecule has 144 valence electrons. The molecule has 1 N–H and O–H groups in total. The van der Waals surface area contributed by atoms with Crippen molar-refractivity contribution in [1.29, 1.82) is 0 Å². The van der Waals surface area contributed by atoms with E-state index in [9.17, 15) is 4.79 Å². The number of halogens is 2. The van der Waals surface area contributed by atoms with Gasteiger partial charge in [0.25, 0.3) is 0 Å². The molecule has 1 aliphatic rings. The third-order valence-corrected chi connectivity index (χ3v) is 4.78. The smallest absolute Gasteiger partial charge is 0.238 e. The fourth-order valence-electron chi connectivity index (χ4n) is 3.18. The highest BCUT2D eigenvalue weighted by atomic mass is 35.5. The number of hydrogen-bond donors (Lipinski definition) is 1. The highest BCUT2D eigenvalue weighted by molar-refractivity contribution is 6.35. The lowest BCUT2D eigenvalue weighted by atomic mass is 10.1. The van der Waals surface area contributed by atoms with Gasteiger partial charge in [0, 0.05) is 41.1 Å². The number of carbonyl (C=O) groups excluding carboxylic acids is 1. The number of nitrogens with zero attached hydrogens (tertiary/aromatic N) is 2. The second-order valence-electron chi connectivity index (χ2n) is 6.61. The van der Waals surface area contributed by atoms with Gasteiger partial charge in [-0.3, -0.25) is 9.69 Å². The van der Waals surface area contributed by atoms with Crippen LogP contribution in [0.3, 0.4) is 0 Å². The summed E-state index contributed by atoms with van der Waals surface area (Å²) in [5.41, 5.74) is 3.00. The number of rotatable bonds is 6. The fraction of sp³-hybridized carbons (Fsp3) is 0.350. The summed E-state index contributed by atoms with van der Waals surface area (Å²) in [4.78, 5) is 16.7. The van der Waals surface area contributed by atoms with Gasteiger partial charge < -0.3 is 15.0 Å². The van der Waals surface area contributed by atoms with Crippen molar-refractivity contribution in [3.63, 3.8) is 0 Å². The summed E-state index contributed by atoms with van der Waals surface area (Å²) in [6.07, 6.45) is 0. The quantitative estimate of drug-likeness (QED) is 0.788. The molecular formula is C20H23Cl2N3O2. The number of amides is 1. The Labute approximate surface area is 169 Å². The van der Waals surface area contributed by atoms with E-state index in [2.05, 4.69) is 22.3 Å². The van der Waals surface area contributed by atoms with Crippen molar-refractivity contribution >= 4 is 40.5 Å². The molecule has 3 rings (SSSR count). The SMILES string of the molecule is CN(CC(=O)Nc1cc(Cl)cc(Cl)c1)Cc1ccccc1N1CCOCC1. The first-order valence-electron chi connectivity index (χ1n) is 8.86. The summed E-state index contributed by atoms with van der Waals surface area (Å²) in [6, 6.07) is 13.3. The van der Waals surface area contributed by atoms with Crippen molar-refractivity contribution in [3.8, 4) is 0 Å². The Morgan fingerprint density at radius 2 is 1.81 bits per heavy atom. The van der Waals surface area contributed by atoms with Crippen molar-refractivity contribution in [2.45, 2.75) is 6.54 Å². The monoisotopic (exact) mass is 407 g/mol. The van der Waals surface area contributed by atoms with E-state index in [0.29, 0.717) is 22.3 Å². The molecule has 1 aliphatic heterocycles. The number of anilines is 2. The van der Waals surface area contributed by atoms with Crippen molar-refractivity contribution in [1.82, 2.24) is 4.90 Å². The van der Waals surface area contributed by atoms with Crippen LogP contribution in [0, 0.1) is 0 Å². The first kappa shape index (κ1) is 20.0. The average Bonchev–Trinajstić information content (AvgIpc) is 2.61. The standard InChI is InChI=1S/C20H23Cl2N3O2/c1-24(14-20(26)23-18-11-16(21)10-17(22)12-18)13-15-4-2-3-5-19(15)25-6-8-27-9-7-25/h2-5,10-12H,6-9,13-14H2,1H3,(H,23,26). The third-order valence-electron chi connectivity index (χ3n) is 4.34. The lowest BCUT2D eigenvalue weighted by Crippen LogP contribution is -2.37. The number of hydrogen-bond acceptors (Lipinski definition) is 4. The Balaban J connectivity index is 1.60. The van der Waals surface area contributed by atoms with Gasteiger partial charge >= 0.3 is 0 Å². The Morgan fingerprint density at radius 1 is 1.15 bits per heavy atom. The van der Waals surface area contributed by atoms with E-state index in [1.807, 2.05) is 24.1 Å². The minimum atomic E-state index is -0.111. The van der Waals surface area contributed by atoms with E-state index in [1.165, 1.54) is 11.3 Å².